The summed E-state index contributed by atoms with van der Waals surface area (Å²) in [7, 11) is -1.58. The van der Waals surface area contributed by atoms with Crippen molar-refractivity contribution in [2.24, 2.45) is 5.92 Å². The number of piperidine rings is 1. The van der Waals surface area contributed by atoms with Gasteiger partial charge in [-0.2, -0.15) is 0 Å². The summed E-state index contributed by atoms with van der Waals surface area (Å²) < 4.78 is 27.8. The largest absolute Gasteiger partial charge is 0.341 e. The maximum Gasteiger partial charge on any atom is 0.240 e. The number of nitrogens with zero attached hydrogens (tertiary/aromatic N) is 2. The van der Waals surface area contributed by atoms with Crippen LogP contribution in [0.5, 0.6) is 0 Å². The zero-order valence-electron chi connectivity index (χ0n) is 17.8. The summed E-state index contributed by atoms with van der Waals surface area (Å²) in [5.74, 6) is 0.224. The Labute approximate surface area is 179 Å². The van der Waals surface area contributed by atoms with Gasteiger partial charge in [-0.05, 0) is 50.4 Å². The first-order valence-corrected chi connectivity index (χ1v) is 11.9. The molecule has 0 saturated carbocycles. The SMILES string of the molecule is Cc1ccc(S(=O)(=O)NCC2CCCN(C(=O)CN(C)Cc3ccccc3)C2)cc1. The first kappa shape index (κ1) is 22.5. The van der Waals surface area contributed by atoms with Gasteiger partial charge in [-0.25, -0.2) is 13.1 Å². The summed E-state index contributed by atoms with van der Waals surface area (Å²) in [5.41, 5.74) is 2.20. The highest BCUT2D eigenvalue weighted by Crippen LogP contribution is 2.18. The Kier molecular flexibility index (Phi) is 7.64. The fourth-order valence-electron chi connectivity index (χ4n) is 3.77. The van der Waals surface area contributed by atoms with Crippen molar-refractivity contribution in [3.8, 4) is 0 Å². The third kappa shape index (κ3) is 6.39. The number of sulfonamides is 1. The van der Waals surface area contributed by atoms with Crippen LogP contribution in [0.3, 0.4) is 0 Å². The van der Waals surface area contributed by atoms with Crippen molar-refractivity contribution in [1.29, 1.82) is 0 Å². The standard InChI is InChI=1S/C23H31N3O3S/c1-19-10-12-22(13-11-19)30(28,29)24-15-21-9-6-14-26(17-21)23(27)18-25(2)16-20-7-4-3-5-8-20/h3-5,7-8,10-13,21,24H,6,9,14-18H2,1-2H3. The molecule has 6 nitrogen and oxygen atoms in total. The van der Waals surface area contributed by atoms with E-state index < -0.39 is 10.0 Å². The van der Waals surface area contributed by atoms with Gasteiger partial charge in [0.2, 0.25) is 15.9 Å². The molecule has 3 rings (SSSR count). The van der Waals surface area contributed by atoms with Gasteiger partial charge >= 0.3 is 0 Å². The van der Waals surface area contributed by atoms with Crippen LogP contribution < -0.4 is 4.72 Å². The number of nitrogens with one attached hydrogen (secondary N) is 1. The highest BCUT2D eigenvalue weighted by molar-refractivity contribution is 7.89. The van der Waals surface area contributed by atoms with E-state index in [1.54, 1.807) is 24.3 Å². The predicted molar refractivity (Wildman–Crippen MR) is 118 cm³/mol. The van der Waals surface area contributed by atoms with Crippen molar-refractivity contribution < 1.29 is 13.2 Å². The molecule has 1 heterocycles. The number of hydrogen-bond acceptors (Lipinski definition) is 4. The van der Waals surface area contributed by atoms with E-state index in [0.717, 1.165) is 31.5 Å². The highest BCUT2D eigenvalue weighted by Gasteiger charge is 2.25. The monoisotopic (exact) mass is 429 g/mol. The summed E-state index contributed by atoms with van der Waals surface area (Å²) in [5, 5.41) is 0. The zero-order valence-corrected chi connectivity index (χ0v) is 18.6. The van der Waals surface area contributed by atoms with E-state index in [2.05, 4.69) is 16.9 Å². The Bertz CT molecular complexity index is 930. The molecule has 1 aliphatic rings. The molecule has 1 aliphatic heterocycles. The first-order chi connectivity index (χ1) is 14.3. The molecule has 162 valence electrons. The van der Waals surface area contributed by atoms with Gasteiger partial charge in [-0.3, -0.25) is 9.69 Å². The molecule has 1 amide bonds. The number of likely N-dealkylation sites (tertiary alicyclic amines) is 1. The van der Waals surface area contributed by atoms with Crippen molar-refractivity contribution >= 4 is 15.9 Å². The lowest BCUT2D eigenvalue weighted by Crippen LogP contribution is -2.46. The molecule has 30 heavy (non-hydrogen) atoms. The van der Waals surface area contributed by atoms with Crippen LogP contribution in [0.1, 0.15) is 24.0 Å². The third-order valence-corrected chi connectivity index (χ3v) is 6.90. The number of carbonyl (C=O) groups is 1. The van der Waals surface area contributed by atoms with Crippen LogP contribution >= 0.6 is 0 Å². The smallest absolute Gasteiger partial charge is 0.240 e. The Morgan fingerprint density at radius 2 is 1.83 bits per heavy atom. The van der Waals surface area contributed by atoms with Gasteiger partial charge in [0.15, 0.2) is 0 Å². The van der Waals surface area contributed by atoms with E-state index in [0.29, 0.717) is 19.6 Å². The quantitative estimate of drug-likeness (QED) is 0.700. The molecule has 1 N–H and O–H groups in total. The second-order valence-corrected chi connectivity index (χ2v) is 9.94. The summed E-state index contributed by atoms with van der Waals surface area (Å²) >= 11 is 0. The minimum Gasteiger partial charge on any atom is -0.341 e. The van der Waals surface area contributed by atoms with Gasteiger partial charge in [-0.15, -0.1) is 0 Å². The van der Waals surface area contributed by atoms with Crippen LogP contribution in [0.25, 0.3) is 0 Å². The summed E-state index contributed by atoms with van der Waals surface area (Å²) in [4.78, 5) is 16.9. The molecule has 1 atom stereocenters. The Morgan fingerprint density at radius 1 is 1.13 bits per heavy atom. The molecule has 0 aromatic heterocycles. The van der Waals surface area contributed by atoms with Crippen molar-refractivity contribution in [2.75, 3.05) is 33.2 Å². The van der Waals surface area contributed by atoms with Crippen LogP contribution in [-0.4, -0.2) is 57.4 Å². The second-order valence-electron chi connectivity index (χ2n) is 8.17. The lowest BCUT2D eigenvalue weighted by molar-refractivity contribution is -0.134. The molecule has 1 unspecified atom stereocenters. The fourth-order valence-corrected chi connectivity index (χ4v) is 4.88. The summed E-state index contributed by atoms with van der Waals surface area (Å²) in [6, 6.07) is 16.9. The van der Waals surface area contributed by atoms with Crippen LogP contribution in [0.4, 0.5) is 0 Å². The van der Waals surface area contributed by atoms with Crippen molar-refractivity contribution in [1.82, 2.24) is 14.5 Å². The number of aryl methyl sites for hydroxylation is 1. The molecule has 7 heteroatoms. The molecular formula is C23H31N3O3S. The summed E-state index contributed by atoms with van der Waals surface area (Å²) in [6.07, 6.45) is 1.81. The Balaban J connectivity index is 1.49. The molecule has 1 fully saturated rings. The number of amides is 1. The number of rotatable bonds is 8. The van der Waals surface area contributed by atoms with E-state index in [1.807, 2.05) is 42.0 Å². The van der Waals surface area contributed by atoms with Crippen LogP contribution in [0.15, 0.2) is 59.5 Å². The van der Waals surface area contributed by atoms with Gasteiger partial charge in [0.05, 0.1) is 11.4 Å². The Hall–Kier alpha value is -2.22. The molecule has 0 bridgehead atoms. The lowest BCUT2D eigenvalue weighted by Gasteiger charge is -2.34. The van der Waals surface area contributed by atoms with E-state index in [9.17, 15) is 13.2 Å². The third-order valence-electron chi connectivity index (χ3n) is 5.47. The topological polar surface area (TPSA) is 69.7 Å². The van der Waals surface area contributed by atoms with E-state index >= 15 is 0 Å². The van der Waals surface area contributed by atoms with Crippen molar-refractivity contribution in [3.05, 3.63) is 65.7 Å². The predicted octanol–water partition coefficient (Wildman–Crippen LogP) is 2.64. The molecule has 0 aliphatic carbocycles. The van der Waals surface area contributed by atoms with Gasteiger partial charge in [0.1, 0.15) is 0 Å². The van der Waals surface area contributed by atoms with Crippen molar-refractivity contribution in [2.45, 2.75) is 31.2 Å². The van der Waals surface area contributed by atoms with Gasteiger partial charge in [-0.1, -0.05) is 48.0 Å². The molecule has 0 radical (unpaired) electrons. The Morgan fingerprint density at radius 3 is 2.53 bits per heavy atom. The number of carbonyl (C=O) groups excluding carboxylic acids is 1. The van der Waals surface area contributed by atoms with E-state index in [4.69, 9.17) is 0 Å². The van der Waals surface area contributed by atoms with E-state index in [1.165, 1.54) is 5.56 Å². The van der Waals surface area contributed by atoms with Crippen molar-refractivity contribution in [3.63, 3.8) is 0 Å². The summed E-state index contributed by atoms with van der Waals surface area (Å²) in [6.45, 7) is 4.68. The zero-order chi connectivity index (χ0) is 21.6. The van der Waals surface area contributed by atoms with E-state index in [-0.39, 0.29) is 16.7 Å². The fraction of sp³-hybridized carbons (Fsp3) is 0.435. The molecule has 2 aromatic carbocycles. The van der Waals surface area contributed by atoms with Crippen LogP contribution in [0, 0.1) is 12.8 Å². The average molecular weight is 430 g/mol. The molecule has 2 aromatic rings. The average Bonchev–Trinajstić information content (AvgIpc) is 2.73. The maximum atomic E-state index is 12.7. The van der Waals surface area contributed by atoms with Gasteiger partial charge in [0.25, 0.3) is 0 Å². The second kappa shape index (κ2) is 10.2. The highest BCUT2D eigenvalue weighted by atomic mass is 32.2. The number of benzene rings is 2. The maximum absolute atomic E-state index is 12.7. The first-order valence-electron chi connectivity index (χ1n) is 10.4. The minimum absolute atomic E-state index is 0.0968. The van der Waals surface area contributed by atoms with Gasteiger partial charge in [0, 0.05) is 26.2 Å². The lowest BCUT2D eigenvalue weighted by atomic mass is 9.98. The molecule has 1 saturated heterocycles. The van der Waals surface area contributed by atoms with Crippen LogP contribution in [0.2, 0.25) is 0 Å². The minimum atomic E-state index is -3.53. The number of hydrogen-bond donors (Lipinski definition) is 1. The van der Waals surface area contributed by atoms with Gasteiger partial charge < -0.3 is 4.90 Å². The molecular weight excluding hydrogens is 398 g/mol. The number of likely N-dealkylation sites (N-methyl/N-ethyl adjacent to an activating group) is 1. The molecule has 0 spiro atoms. The normalized spacial score (nSPS) is 17.3. The van der Waals surface area contributed by atoms with Crippen LogP contribution in [-0.2, 0) is 21.4 Å².